The molecule has 1 fully saturated rings. The van der Waals surface area contributed by atoms with Gasteiger partial charge in [-0.05, 0) is 25.9 Å². The average Bonchev–Trinajstić information content (AvgIpc) is 2.93. The van der Waals surface area contributed by atoms with Crippen molar-refractivity contribution in [1.82, 2.24) is 24.6 Å². The fourth-order valence-electron chi connectivity index (χ4n) is 2.62. The molecule has 118 valence electrons. The number of hydrogen-bond acceptors (Lipinski definition) is 6. The highest BCUT2D eigenvalue weighted by Gasteiger charge is 2.10. The van der Waals surface area contributed by atoms with Gasteiger partial charge in [0.25, 0.3) is 0 Å². The Morgan fingerprint density at radius 2 is 2.00 bits per heavy atom. The first-order valence-electron chi connectivity index (χ1n) is 7.51. The van der Waals surface area contributed by atoms with Gasteiger partial charge in [-0.3, -0.25) is 4.68 Å². The van der Waals surface area contributed by atoms with Crippen LogP contribution in [0.3, 0.4) is 0 Å². The lowest BCUT2D eigenvalue weighted by atomic mass is 10.1. The van der Waals surface area contributed by atoms with Crippen LogP contribution in [0.25, 0.3) is 0 Å². The molecule has 0 bridgehead atoms. The normalized spacial score (nSPS) is 15.9. The Bertz CT molecular complexity index is 601. The molecule has 7 nitrogen and oxygen atoms in total. The Kier molecular flexibility index (Phi) is 4.74. The van der Waals surface area contributed by atoms with Gasteiger partial charge in [0.1, 0.15) is 11.0 Å². The van der Waals surface area contributed by atoms with Crippen LogP contribution < -0.4 is 11.1 Å². The molecule has 2 aromatic rings. The van der Waals surface area contributed by atoms with Crippen LogP contribution in [0.1, 0.15) is 19.3 Å². The van der Waals surface area contributed by atoms with Crippen molar-refractivity contribution in [2.24, 2.45) is 0 Å². The maximum absolute atomic E-state index is 5.86. The summed E-state index contributed by atoms with van der Waals surface area (Å²) in [6.07, 6.45) is 7.69. The number of piperidine rings is 1. The number of rotatable bonds is 5. The van der Waals surface area contributed by atoms with E-state index in [0.717, 1.165) is 18.8 Å². The number of hydrogen-bond donors (Lipinski definition) is 2. The second-order valence-electron chi connectivity index (χ2n) is 5.45. The standard InChI is InChI=1S/C14H20ClN7/c15-12-8-13(20-14(16)19-12)18-11-9-17-22(10-11)7-6-21-4-2-1-3-5-21/h8-10H,1-7H2,(H3,16,18,19,20). The van der Waals surface area contributed by atoms with Crippen molar-refractivity contribution in [3.63, 3.8) is 0 Å². The van der Waals surface area contributed by atoms with Gasteiger partial charge in [0, 0.05) is 18.8 Å². The van der Waals surface area contributed by atoms with Gasteiger partial charge in [-0.15, -0.1) is 0 Å². The summed E-state index contributed by atoms with van der Waals surface area (Å²) in [4.78, 5) is 10.4. The first-order valence-corrected chi connectivity index (χ1v) is 7.89. The molecular weight excluding hydrogens is 302 g/mol. The molecule has 1 aliphatic rings. The Morgan fingerprint density at radius 3 is 2.77 bits per heavy atom. The quantitative estimate of drug-likeness (QED) is 0.821. The molecule has 8 heteroatoms. The van der Waals surface area contributed by atoms with Crippen LogP contribution in [0.4, 0.5) is 17.5 Å². The van der Waals surface area contributed by atoms with Gasteiger partial charge in [0.2, 0.25) is 5.95 Å². The van der Waals surface area contributed by atoms with Crippen LogP contribution in [-0.2, 0) is 6.54 Å². The third kappa shape index (κ3) is 4.08. The number of likely N-dealkylation sites (tertiary alicyclic amines) is 1. The number of halogens is 1. The third-order valence-electron chi connectivity index (χ3n) is 3.71. The van der Waals surface area contributed by atoms with Crippen molar-refractivity contribution in [1.29, 1.82) is 0 Å². The first kappa shape index (κ1) is 15.1. The van der Waals surface area contributed by atoms with Crippen molar-refractivity contribution < 1.29 is 0 Å². The molecule has 0 amide bonds. The zero-order valence-corrected chi connectivity index (χ0v) is 13.1. The fraction of sp³-hybridized carbons (Fsp3) is 0.500. The highest BCUT2D eigenvalue weighted by molar-refractivity contribution is 6.29. The molecule has 3 heterocycles. The summed E-state index contributed by atoms with van der Waals surface area (Å²) in [6, 6.07) is 1.63. The van der Waals surface area contributed by atoms with Crippen LogP contribution in [0.2, 0.25) is 5.15 Å². The SMILES string of the molecule is Nc1nc(Cl)cc(Nc2cnn(CCN3CCCCC3)c2)n1. The number of nitrogens with zero attached hydrogens (tertiary/aromatic N) is 5. The van der Waals surface area contributed by atoms with E-state index >= 15 is 0 Å². The predicted octanol–water partition coefficient (Wildman–Crippen LogP) is 2.14. The lowest BCUT2D eigenvalue weighted by Gasteiger charge is -2.26. The van der Waals surface area contributed by atoms with Gasteiger partial charge in [0.05, 0.1) is 18.4 Å². The molecule has 0 spiro atoms. The minimum atomic E-state index is 0.146. The van der Waals surface area contributed by atoms with Gasteiger partial charge in [-0.25, -0.2) is 4.98 Å². The minimum absolute atomic E-state index is 0.146. The summed E-state index contributed by atoms with van der Waals surface area (Å²) < 4.78 is 1.93. The van der Waals surface area contributed by atoms with E-state index in [1.54, 1.807) is 12.3 Å². The number of nitrogens with one attached hydrogen (secondary N) is 1. The lowest BCUT2D eigenvalue weighted by Crippen LogP contribution is -2.32. The van der Waals surface area contributed by atoms with Crippen molar-refractivity contribution in [3.05, 3.63) is 23.6 Å². The molecule has 1 saturated heterocycles. The van der Waals surface area contributed by atoms with E-state index < -0.39 is 0 Å². The van der Waals surface area contributed by atoms with Crippen molar-refractivity contribution in [2.75, 3.05) is 30.7 Å². The second-order valence-corrected chi connectivity index (χ2v) is 5.84. The van der Waals surface area contributed by atoms with Gasteiger partial charge in [0.15, 0.2) is 0 Å². The Morgan fingerprint density at radius 1 is 1.18 bits per heavy atom. The summed E-state index contributed by atoms with van der Waals surface area (Å²) >= 11 is 5.86. The average molecular weight is 322 g/mol. The predicted molar refractivity (Wildman–Crippen MR) is 87.3 cm³/mol. The van der Waals surface area contributed by atoms with Crippen LogP contribution in [0, 0.1) is 0 Å². The van der Waals surface area contributed by atoms with E-state index in [9.17, 15) is 0 Å². The molecule has 0 unspecified atom stereocenters. The minimum Gasteiger partial charge on any atom is -0.368 e. The molecule has 22 heavy (non-hydrogen) atoms. The summed E-state index contributed by atoms with van der Waals surface area (Å²) in [5, 5.41) is 7.81. The zero-order valence-electron chi connectivity index (χ0n) is 12.4. The van der Waals surface area contributed by atoms with E-state index in [1.807, 2.05) is 10.9 Å². The molecule has 2 aromatic heterocycles. The van der Waals surface area contributed by atoms with Crippen molar-refractivity contribution in [3.8, 4) is 0 Å². The smallest absolute Gasteiger partial charge is 0.223 e. The number of anilines is 3. The molecular formula is C14H20ClN7. The Labute approximate surface area is 134 Å². The summed E-state index contributed by atoms with van der Waals surface area (Å²) in [7, 11) is 0. The molecule has 3 rings (SSSR count). The summed E-state index contributed by atoms with van der Waals surface area (Å²) in [5.41, 5.74) is 6.43. The van der Waals surface area contributed by atoms with E-state index in [2.05, 4.69) is 25.3 Å². The van der Waals surface area contributed by atoms with E-state index in [4.69, 9.17) is 17.3 Å². The molecule has 3 N–H and O–H groups in total. The topological polar surface area (TPSA) is 84.9 Å². The van der Waals surface area contributed by atoms with Gasteiger partial charge in [-0.2, -0.15) is 10.1 Å². The van der Waals surface area contributed by atoms with Crippen molar-refractivity contribution in [2.45, 2.75) is 25.8 Å². The number of aromatic nitrogens is 4. The largest absolute Gasteiger partial charge is 0.368 e. The fourth-order valence-corrected chi connectivity index (χ4v) is 2.81. The number of nitrogens with two attached hydrogens (primary N) is 1. The zero-order chi connectivity index (χ0) is 15.4. The Hall–Kier alpha value is -1.86. The molecule has 0 radical (unpaired) electrons. The molecule has 1 aliphatic heterocycles. The van der Waals surface area contributed by atoms with Gasteiger partial charge >= 0.3 is 0 Å². The maximum Gasteiger partial charge on any atom is 0.223 e. The summed E-state index contributed by atoms with van der Waals surface area (Å²) in [6.45, 7) is 4.32. The van der Waals surface area contributed by atoms with Crippen LogP contribution in [0.15, 0.2) is 18.5 Å². The number of nitrogen functional groups attached to an aromatic ring is 1. The first-order chi connectivity index (χ1) is 10.7. The maximum atomic E-state index is 5.86. The van der Waals surface area contributed by atoms with Crippen molar-refractivity contribution >= 4 is 29.1 Å². The molecule has 0 aromatic carbocycles. The van der Waals surface area contributed by atoms with E-state index in [-0.39, 0.29) is 5.95 Å². The van der Waals surface area contributed by atoms with Crippen LogP contribution >= 0.6 is 11.6 Å². The van der Waals surface area contributed by atoms with Crippen LogP contribution in [0.5, 0.6) is 0 Å². The summed E-state index contributed by atoms with van der Waals surface area (Å²) in [5.74, 6) is 0.709. The van der Waals surface area contributed by atoms with Gasteiger partial charge < -0.3 is 16.0 Å². The Balaban J connectivity index is 1.56. The van der Waals surface area contributed by atoms with Crippen LogP contribution in [-0.4, -0.2) is 44.3 Å². The van der Waals surface area contributed by atoms with E-state index in [1.165, 1.54) is 32.4 Å². The van der Waals surface area contributed by atoms with Gasteiger partial charge in [-0.1, -0.05) is 18.0 Å². The lowest BCUT2D eigenvalue weighted by molar-refractivity contribution is 0.218. The molecule has 0 atom stereocenters. The highest BCUT2D eigenvalue weighted by Crippen LogP contribution is 2.17. The van der Waals surface area contributed by atoms with E-state index in [0.29, 0.717) is 11.0 Å². The highest BCUT2D eigenvalue weighted by atomic mass is 35.5. The monoisotopic (exact) mass is 321 g/mol. The second kappa shape index (κ2) is 6.93. The third-order valence-corrected chi connectivity index (χ3v) is 3.91. The molecule has 0 saturated carbocycles. The molecule has 0 aliphatic carbocycles.